The van der Waals surface area contributed by atoms with Gasteiger partial charge in [-0.2, -0.15) is 0 Å². The minimum Gasteiger partial charge on any atom is -0.451 e. The lowest BCUT2D eigenvalue weighted by Crippen LogP contribution is -2.53. The van der Waals surface area contributed by atoms with Gasteiger partial charge in [-0.25, -0.2) is 0 Å². The van der Waals surface area contributed by atoms with Crippen LogP contribution in [-0.4, -0.2) is 35.6 Å². The smallest absolute Gasteiger partial charge is 0.290 e. The van der Waals surface area contributed by atoms with E-state index in [4.69, 9.17) is 9.15 Å². The molecule has 1 amide bonds. The van der Waals surface area contributed by atoms with Crippen molar-refractivity contribution in [2.45, 2.75) is 42.4 Å². The van der Waals surface area contributed by atoms with Crippen molar-refractivity contribution in [3.05, 3.63) is 53.1 Å². The zero-order valence-electron chi connectivity index (χ0n) is 15.7. The monoisotopic (exact) mass is 401 g/mol. The Morgan fingerprint density at radius 3 is 2.85 bits per heavy atom. The zero-order chi connectivity index (χ0) is 19.0. The van der Waals surface area contributed by atoms with Crippen LogP contribution < -0.4 is 0 Å². The van der Waals surface area contributed by atoms with Crippen molar-refractivity contribution in [3.8, 4) is 0 Å². The average Bonchev–Trinajstić information content (AvgIpc) is 3.25. The van der Waals surface area contributed by atoms with Gasteiger partial charge in [-0.15, -0.1) is 23.1 Å². The number of thiophene rings is 1. The van der Waals surface area contributed by atoms with Gasteiger partial charge in [-0.3, -0.25) is 4.79 Å². The van der Waals surface area contributed by atoms with Crippen LogP contribution in [0.1, 0.15) is 36.9 Å². The minimum absolute atomic E-state index is 0.00558. The van der Waals surface area contributed by atoms with E-state index in [1.54, 1.807) is 23.1 Å². The molecule has 142 valence electrons. The highest BCUT2D eigenvalue weighted by Crippen LogP contribution is 2.35. The molecule has 0 aliphatic carbocycles. The number of amides is 1. The van der Waals surface area contributed by atoms with E-state index < -0.39 is 0 Å². The first-order chi connectivity index (χ1) is 12.9. The number of para-hydroxylation sites is 1. The van der Waals surface area contributed by atoms with Gasteiger partial charge >= 0.3 is 0 Å². The van der Waals surface area contributed by atoms with Gasteiger partial charge in [0.15, 0.2) is 5.76 Å². The number of hydrogen-bond donors (Lipinski definition) is 0. The van der Waals surface area contributed by atoms with Crippen molar-refractivity contribution in [1.29, 1.82) is 0 Å². The molecule has 1 aliphatic rings. The molecule has 1 fully saturated rings. The van der Waals surface area contributed by atoms with Gasteiger partial charge in [-0.1, -0.05) is 24.3 Å². The van der Waals surface area contributed by atoms with Crippen LogP contribution in [0.25, 0.3) is 11.0 Å². The lowest BCUT2D eigenvalue weighted by Gasteiger charge is -2.41. The second-order valence-electron chi connectivity index (χ2n) is 7.50. The van der Waals surface area contributed by atoms with Crippen LogP contribution in [0.3, 0.4) is 0 Å². The van der Waals surface area contributed by atoms with Gasteiger partial charge in [0.2, 0.25) is 0 Å². The molecule has 0 bridgehead atoms. The number of ether oxygens (including phenoxy) is 1. The van der Waals surface area contributed by atoms with Crippen LogP contribution in [0, 0.1) is 0 Å². The fourth-order valence-corrected chi connectivity index (χ4v) is 5.47. The Hall–Kier alpha value is -1.76. The third-order valence-corrected chi connectivity index (χ3v) is 6.76. The second-order valence-corrected chi connectivity index (χ2v) is 9.72. The maximum absolute atomic E-state index is 13.4. The van der Waals surface area contributed by atoms with Crippen molar-refractivity contribution >= 4 is 40.0 Å². The third kappa shape index (κ3) is 3.93. The van der Waals surface area contributed by atoms with E-state index in [1.807, 2.05) is 56.0 Å². The standard InChI is InChI=1S/C21H23NO3S2/c1-14-11-22(13-21(2,3)25-14)20(23)19-16(12-27-18-9-6-10-26-18)15-7-4-5-8-17(15)24-19/h4-10,14H,11-13H2,1-3H3. The van der Waals surface area contributed by atoms with Crippen LogP contribution in [0.2, 0.25) is 0 Å². The highest BCUT2D eigenvalue weighted by molar-refractivity contribution is 8.00. The summed E-state index contributed by atoms with van der Waals surface area (Å²) in [7, 11) is 0. The SMILES string of the molecule is CC1CN(C(=O)c2oc3ccccc3c2CSc2cccs2)CC(C)(C)O1. The van der Waals surface area contributed by atoms with Gasteiger partial charge in [0.1, 0.15) is 5.58 Å². The van der Waals surface area contributed by atoms with Crippen molar-refractivity contribution in [2.24, 2.45) is 0 Å². The lowest BCUT2D eigenvalue weighted by atomic mass is 10.0. The van der Waals surface area contributed by atoms with Crippen LogP contribution >= 0.6 is 23.1 Å². The number of rotatable bonds is 4. The summed E-state index contributed by atoms with van der Waals surface area (Å²) in [6, 6.07) is 12.0. The van der Waals surface area contributed by atoms with E-state index in [0.29, 0.717) is 24.6 Å². The molecule has 0 radical (unpaired) electrons. The number of carbonyl (C=O) groups is 1. The van der Waals surface area contributed by atoms with Crippen molar-refractivity contribution in [2.75, 3.05) is 13.1 Å². The normalized spacial score (nSPS) is 19.5. The maximum Gasteiger partial charge on any atom is 0.290 e. The molecule has 4 nitrogen and oxygen atoms in total. The number of carbonyl (C=O) groups excluding carboxylic acids is 1. The molecule has 1 unspecified atom stereocenters. The van der Waals surface area contributed by atoms with Gasteiger partial charge in [0.05, 0.1) is 15.9 Å². The van der Waals surface area contributed by atoms with Crippen LogP contribution in [-0.2, 0) is 10.5 Å². The molecule has 0 spiro atoms. The topological polar surface area (TPSA) is 42.7 Å². The number of furan rings is 1. The first kappa shape index (κ1) is 18.6. The molecule has 3 aromatic rings. The molecule has 0 N–H and O–H groups in total. The Morgan fingerprint density at radius 1 is 1.30 bits per heavy atom. The predicted molar refractivity (Wildman–Crippen MR) is 111 cm³/mol. The Morgan fingerprint density at radius 2 is 2.11 bits per heavy atom. The van der Waals surface area contributed by atoms with E-state index in [1.165, 1.54) is 4.21 Å². The summed E-state index contributed by atoms with van der Waals surface area (Å²) in [5.74, 6) is 1.13. The number of fused-ring (bicyclic) bond motifs is 1. The van der Waals surface area contributed by atoms with E-state index in [-0.39, 0.29) is 17.6 Å². The second kappa shape index (κ2) is 7.34. The third-order valence-electron chi connectivity index (χ3n) is 4.60. The van der Waals surface area contributed by atoms with Gasteiger partial charge in [0.25, 0.3) is 5.91 Å². The number of hydrogen-bond acceptors (Lipinski definition) is 5. The Balaban J connectivity index is 1.67. The maximum atomic E-state index is 13.4. The molecule has 3 heterocycles. The Labute approximate surface area is 167 Å². The van der Waals surface area contributed by atoms with E-state index >= 15 is 0 Å². The highest BCUT2D eigenvalue weighted by atomic mass is 32.2. The molecular weight excluding hydrogens is 378 g/mol. The average molecular weight is 402 g/mol. The van der Waals surface area contributed by atoms with Crippen molar-refractivity contribution in [1.82, 2.24) is 4.90 Å². The largest absolute Gasteiger partial charge is 0.451 e. The summed E-state index contributed by atoms with van der Waals surface area (Å²) in [5, 5.41) is 3.09. The molecule has 2 aromatic heterocycles. The fourth-order valence-electron chi connectivity index (χ4n) is 3.66. The number of thioether (sulfide) groups is 1. The first-order valence-corrected chi connectivity index (χ1v) is 10.9. The van der Waals surface area contributed by atoms with E-state index in [9.17, 15) is 4.79 Å². The van der Waals surface area contributed by atoms with Crippen molar-refractivity contribution in [3.63, 3.8) is 0 Å². The van der Waals surface area contributed by atoms with Crippen LogP contribution in [0.15, 0.2) is 50.4 Å². The summed E-state index contributed by atoms with van der Waals surface area (Å²) in [4.78, 5) is 15.2. The Kier molecular flexibility index (Phi) is 5.05. The summed E-state index contributed by atoms with van der Waals surface area (Å²) >= 11 is 3.45. The molecular formula is C21H23NO3S2. The number of nitrogens with zero attached hydrogens (tertiary/aromatic N) is 1. The quantitative estimate of drug-likeness (QED) is 0.547. The molecule has 4 rings (SSSR count). The molecule has 6 heteroatoms. The Bertz CT molecular complexity index is 946. The molecule has 0 saturated carbocycles. The van der Waals surface area contributed by atoms with Crippen LogP contribution in [0.4, 0.5) is 0 Å². The summed E-state index contributed by atoms with van der Waals surface area (Å²) in [5.41, 5.74) is 1.39. The fraction of sp³-hybridized carbons (Fsp3) is 0.381. The molecule has 27 heavy (non-hydrogen) atoms. The number of morpholine rings is 1. The predicted octanol–water partition coefficient (Wildman–Crippen LogP) is 5.43. The number of benzene rings is 1. The zero-order valence-corrected chi connectivity index (χ0v) is 17.4. The summed E-state index contributed by atoms with van der Waals surface area (Å²) in [6.07, 6.45) is 0.00558. The van der Waals surface area contributed by atoms with E-state index in [2.05, 4.69) is 11.4 Å². The molecule has 1 saturated heterocycles. The van der Waals surface area contributed by atoms with Gasteiger partial charge in [-0.05, 0) is 38.3 Å². The van der Waals surface area contributed by atoms with Crippen LogP contribution in [0.5, 0.6) is 0 Å². The van der Waals surface area contributed by atoms with Gasteiger partial charge < -0.3 is 14.1 Å². The molecule has 1 atom stereocenters. The molecule has 1 aromatic carbocycles. The lowest BCUT2D eigenvalue weighted by molar-refractivity contribution is -0.119. The first-order valence-electron chi connectivity index (χ1n) is 9.07. The summed E-state index contributed by atoms with van der Waals surface area (Å²) in [6.45, 7) is 7.19. The minimum atomic E-state index is -0.356. The van der Waals surface area contributed by atoms with Gasteiger partial charge in [0, 0.05) is 29.8 Å². The highest BCUT2D eigenvalue weighted by Gasteiger charge is 2.36. The van der Waals surface area contributed by atoms with Crippen molar-refractivity contribution < 1.29 is 13.9 Å². The van der Waals surface area contributed by atoms with E-state index in [0.717, 1.165) is 16.5 Å². The summed E-state index contributed by atoms with van der Waals surface area (Å²) < 4.78 is 13.2. The molecule has 1 aliphatic heterocycles.